The number of rotatable bonds is 17. The number of hydrogen-bond acceptors (Lipinski definition) is 2. The summed E-state index contributed by atoms with van der Waals surface area (Å²) in [5.74, 6) is 0.306. The highest BCUT2D eigenvalue weighted by Gasteiger charge is 2.23. The largest absolute Gasteiger partial charge is 0.462 e. The molecule has 0 saturated heterocycles. The van der Waals surface area contributed by atoms with Crippen molar-refractivity contribution in [2.75, 3.05) is 6.61 Å². The number of esters is 1. The molecule has 0 rings (SSSR count). The van der Waals surface area contributed by atoms with Gasteiger partial charge >= 0.3 is 5.97 Å². The zero-order valence-electron chi connectivity index (χ0n) is 18.5. The molecule has 0 aromatic rings. The van der Waals surface area contributed by atoms with Gasteiger partial charge in [-0.2, -0.15) is 0 Å². The van der Waals surface area contributed by atoms with Crippen LogP contribution in [-0.4, -0.2) is 12.6 Å². The Balaban J connectivity index is 4.03. The molecule has 1 atom stereocenters. The number of hydrogen-bond donors (Lipinski definition) is 0. The minimum Gasteiger partial charge on any atom is -0.462 e. The molecule has 0 heterocycles. The Kier molecular flexibility index (Phi) is 14.8. The molecule has 154 valence electrons. The smallest absolute Gasteiger partial charge is 0.333 e. The monoisotopic (exact) mass is 366 g/mol. The maximum absolute atomic E-state index is 12.3. The number of carbonyl (C=O) groups excluding carboxylic acids is 1. The minimum atomic E-state index is -0.187. The summed E-state index contributed by atoms with van der Waals surface area (Å²) in [7, 11) is 0. The van der Waals surface area contributed by atoms with E-state index in [2.05, 4.69) is 41.2 Å². The van der Waals surface area contributed by atoms with E-state index in [9.17, 15) is 4.79 Å². The number of unbranched alkanes of at least 4 members (excludes halogenated alkanes) is 7. The lowest BCUT2D eigenvalue weighted by Gasteiger charge is -2.25. The van der Waals surface area contributed by atoms with E-state index in [0.717, 1.165) is 25.7 Å². The first-order chi connectivity index (χ1) is 12.4. The molecule has 0 fully saturated rings. The molecule has 2 nitrogen and oxygen atoms in total. The van der Waals surface area contributed by atoms with Crippen LogP contribution in [0.15, 0.2) is 12.2 Å². The molecule has 0 aromatic carbocycles. The van der Waals surface area contributed by atoms with Crippen LogP contribution in [0.25, 0.3) is 0 Å². The summed E-state index contributed by atoms with van der Waals surface area (Å²) in [6.45, 7) is 15.7. The van der Waals surface area contributed by atoms with Crippen molar-refractivity contribution in [1.29, 1.82) is 0 Å². The van der Waals surface area contributed by atoms with Gasteiger partial charge in [-0.1, -0.05) is 105 Å². The van der Waals surface area contributed by atoms with Crippen LogP contribution in [0.1, 0.15) is 118 Å². The molecule has 0 spiro atoms. The summed E-state index contributed by atoms with van der Waals surface area (Å²) in [5, 5.41) is 0. The third kappa shape index (κ3) is 13.4. The molecule has 2 heteroatoms. The third-order valence-corrected chi connectivity index (χ3v) is 5.43. The first-order valence-corrected chi connectivity index (χ1v) is 11.2. The van der Waals surface area contributed by atoms with Crippen LogP contribution in [-0.2, 0) is 9.53 Å². The van der Waals surface area contributed by atoms with E-state index < -0.39 is 0 Å². The highest BCUT2D eigenvalue weighted by atomic mass is 16.5. The highest BCUT2D eigenvalue weighted by molar-refractivity contribution is 5.87. The predicted octanol–water partition coefficient (Wildman–Crippen LogP) is 7.86. The maximum atomic E-state index is 12.3. The summed E-state index contributed by atoms with van der Waals surface area (Å²) >= 11 is 0. The molecule has 0 aliphatic heterocycles. The zero-order chi connectivity index (χ0) is 19.8. The first kappa shape index (κ1) is 25.2. The van der Waals surface area contributed by atoms with Crippen LogP contribution >= 0.6 is 0 Å². The second-order valence-corrected chi connectivity index (χ2v) is 8.83. The predicted molar refractivity (Wildman–Crippen MR) is 114 cm³/mol. The molecule has 0 N–H and O–H groups in total. The molecule has 0 aliphatic rings. The number of ether oxygens (including phenoxy) is 1. The van der Waals surface area contributed by atoms with E-state index in [-0.39, 0.29) is 11.4 Å². The van der Waals surface area contributed by atoms with Crippen LogP contribution in [0.3, 0.4) is 0 Å². The van der Waals surface area contributed by atoms with Crippen molar-refractivity contribution >= 4 is 5.97 Å². The van der Waals surface area contributed by atoms with Gasteiger partial charge in [-0.25, -0.2) is 4.79 Å². The van der Waals surface area contributed by atoms with Gasteiger partial charge in [0.2, 0.25) is 0 Å². The van der Waals surface area contributed by atoms with Crippen LogP contribution in [0, 0.1) is 11.3 Å². The highest BCUT2D eigenvalue weighted by Crippen LogP contribution is 2.31. The third-order valence-electron chi connectivity index (χ3n) is 5.43. The zero-order valence-corrected chi connectivity index (χ0v) is 18.5. The lowest BCUT2D eigenvalue weighted by Crippen LogP contribution is -2.19. The molecule has 0 aliphatic carbocycles. The standard InChI is InChI=1S/C24H46O2/c1-7-10-12-13-14-15-16-18-24(5,6)19-21(4)23(25)26-20-22(9-3)17-11-8-2/h22H,4,7-20H2,1-3,5-6H3. The first-order valence-electron chi connectivity index (χ1n) is 11.2. The second-order valence-electron chi connectivity index (χ2n) is 8.83. The SMILES string of the molecule is C=C(CC(C)(C)CCCCCCCCC)C(=O)OCC(CC)CCCC. The van der Waals surface area contributed by atoms with E-state index >= 15 is 0 Å². The fourth-order valence-electron chi connectivity index (χ4n) is 3.49. The van der Waals surface area contributed by atoms with Gasteiger partial charge in [0.1, 0.15) is 0 Å². The van der Waals surface area contributed by atoms with Gasteiger partial charge in [-0.3, -0.25) is 0 Å². The van der Waals surface area contributed by atoms with Crippen molar-refractivity contribution in [2.45, 2.75) is 118 Å². The van der Waals surface area contributed by atoms with E-state index in [1.165, 1.54) is 57.8 Å². The van der Waals surface area contributed by atoms with E-state index in [1.807, 2.05) is 0 Å². The van der Waals surface area contributed by atoms with Gasteiger partial charge in [0.05, 0.1) is 6.61 Å². The Bertz CT molecular complexity index is 370. The Morgan fingerprint density at radius 1 is 0.923 bits per heavy atom. The van der Waals surface area contributed by atoms with Crippen molar-refractivity contribution in [3.63, 3.8) is 0 Å². The van der Waals surface area contributed by atoms with Crippen LogP contribution in [0.4, 0.5) is 0 Å². The van der Waals surface area contributed by atoms with Crippen molar-refractivity contribution in [2.24, 2.45) is 11.3 Å². The molecule has 26 heavy (non-hydrogen) atoms. The molecule has 0 radical (unpaired) electrons. The van der Waals surface area contributed by atoms with Gasteiger partial charge in [-0.05, 0) is 30.6 Å². The Hall–Kier alpha value is -0.790. The van der Waals surface area contributed by atoms with Gasteiger partial charge in [0.15, 0.2) is 0 Å². The average Bonchev–Trinajstić information content (AvgIpc) is 2.60. The molecular formula is C24H46O2. The molecule has 1 unspecified atom stereocenters. The molecule has 0 aromatic heterocycles. The van der Waals surface area contributed by atoms with E-state index in [1.54, 1.807) is 0 Å². The van der Waals surface area contributed by atoms with Crippen LogP contribution < -0.4 is 0 Å². The van der Waals surface area contributed by atoms with Gasteiger partial charge in [0.25, 0.3) is 0 Å². The van der Waals surface area contributed by atoms with Gasteiger partial charge < -0.3 is 4.74 Å². The van der Waals surface area contributed by atoms with Crippen molar-refractivity contribution in [3.8, 4) is 0 Å². The summed E-state index contributed by atoms with van der Waals surface area (Å²) in [6.07, 6.45) is 15.8. The normalized spacial score (nSPS) is 12.8. The summed E-state index contributed by atoms with van der Waals surface area (Å²) in [4.78, 5) is 12.3. The van der Waals surface area contributed by atoms with Crippen molar-refractivity contribution in [3.05, 3.63) is 12.2 Å². The lowest BCUT2D eigenvalue weighted by molar-refractivity contribution is -0.140. The van der Waals surface area contributed by atoms with Crippen LogP contribution in [0.2, 0.25) is 0 Å². The molecule has 0 amide bonds. The summed E-state index contributed by atoms with van der Waals surface area (Å²) in [6, 6.07) is 0. The number of carbonyl (C=O) groups is 1. The Labute approximate surface area is 164 Å². The van der Waals surface area contributed by atoms with Crippen molar-refractivity contribution < 1.29 is 9.53 Å². The van der Waals surface area contributed by atoms with Crippen LogP contribution in [0.5, 0.6) is 0 Å². The fourth-order valence-corrected chi connectivity index (χ4v) is 3.49. The quantitative estimate of drug-likeness (QED) is 0.149. The fraction of sp³-hybridized carbons (Fsp3) is 0.875. The molecular weight excluding hydrogens is 320 g/mol. The Morgan fingerprint density at radius 2 is 1.50 bits per heavy atom. The Morgan fingerprint density at radius 3 is 2.08 bits per heavy atom. The molecule has 0 bridgehead atoms. The average molecular weight is 367 g/mol. The minimum absolute atomic E-state index is 0.131. The maximum Gasteiger partial charge on any atom is 0.333 e. The summed E-state index contributed by atoms with van der Waals surface area (Å²) < 4.78 is 5.54. The van der Waals surface area contributed by atoms with E-state index in [0.29, 0.717) is 18.1 Å². The van der Waals surface area contributed by atoms with Gasteiger partial charge in [0, 0.05) is 5.57 Å². The summed E-state index contributed by atoms with van der Waals surface area (Å²) in [5.41, 5.74) is 0.773. The molecule has 0 saturated carbocycles. The lowest BCUT2D eigenvalue weighted by atomic mass is 9.81. The van der Waals surface area contributed by atoms with E-state index in [4.69, 9.17) is 4.74 Å². The second kappa shape index (κ2) is 15.3. The van der Waals surface area contributed by atoms with Gasteiger partial charge in [-0.15, -0.1) is 0 Å². The van der Waals surface area contributed by atoms with Crippen molar-refractivity contribution in [1.82, 2.24) is 0 Å². The topological polar surface area (TPSA) is 26.3 Å².